The molecule has 1 fully saturated rings. The Labute approximate surface area is 117 Å². The molecule has 0 saturated carbocycles. The van der Waals surface area contributed by atoms with E-state index in [0.29, 0.717) is 17.4 Å². The van der Waals surface area contributed by atoms with Crippen molar-refractivity contribution in [3.8, 4) is 5.75 Å². The zero-order valence-electron chi connectivity index (χ0n) is 13.1. The van der Waals surface area contributed by atoms with Gasteiger partial charge in [-0.15, -0.1) is 0 Å². The predicted octanol–water partition coefficient (Wildman–Crippen LogP) is 3.80. The number of methoxy groups -OCH3 is 1. The second-order valence-corrected chi connectivity index (χ2v) is 6.95. The summed E-state index contributed by atoms with van der Waals surface area (Å²) in [6, 6.07) is 5.20. The monoisotopic (exact) mass is 261 g/mol. The Hall–Kier alpha value is -1.02. The SMILES string of the molecule is COc1c(C)cc(C2CNC(C(C)(C)C)C2)cc1C. The van der Waals surface area contributed by atoms with Gasteiger partial charge in [-0.05, 0) is 48.3 Å². The van der Waals surface area contributed by atoms with Crippen LogP contribution < -0.4 is 10.1 Å². The molecular weight excluding hydrogens is 234 g/mol. The highest BCUT2D eigenvalue weighted by Crippen LogP contribution is 2.36. The van der Waals surface area contributed by atoms with Gasteiger partial charge < -0.3 is 10.1 Å². The molecule has 106 valence electrons. The molecule has 2 nitrogen and oxygen atoms in total. The zero-order valence-corrected chi connectivity index (χ0v) is 13.1. The fourth-order valence-corrected chi connectivity index (χ4v) is 3.19. The maximum Gasteiger partial charge on any atom is 0.124 e. The number of aryl methyl sites for hydroxylation is 2. The summed E-state index contributed by atoms with van der Waals surface area (Å²) in [7, 11) is 1.75. The van der Waals surface area contributed by atoms with Crippen LogP contribution in [0.1, 0.15) is 49.8 Å². The van der Waals surface area contributed by atoms with Gasteiger partial charge in [0, 0.05) is 12.6 Å². The van der Waals surface area contributed by atoms with Gasteiger partial charge in [-0.25, -0.2) is 0 Å². The number of hydrogen-bond donors (Lipinski definition) is 1. The van der Waals surface area contributed by atoms with E-state index in [-0.39, 0.29) is 0 Å². The Balaban J connectivity index is 2.21. The van der Waals surface area contributed by atoms with Crippen LogP contribution in [0.25, 0.3) is 0 Å². The van der Waals surface area contributed by atoms with Gasteiger partial charge in [0.1, 0.15) is 5.75 Å². The summed E-state index contributed by atoms with van der Waals surface area (Å²) in [4.78, 5) is 0. The molecule has 19 heavy (non-hydrogen) atoms. The predicted molar refractivity (Wildman–Crippen MR) is 81.1 cm³/mol. The Morgan fingerprint density at radius 1 is 1.16 bits per heavy atom. The average molecular weight is 261 g/mol. The van der Waals surface area contributed by atoms with Crippen molar-refractivity contribution >= 4 is 0 Å². The molecule has 1 aromatic carbocycles. The Morgan fingerprint density at radius 3 is 2.16 bits per heavy atom. The van der Waals surface area contributed by atoms with E-state index < -0.39 is 0 Å². The van der Waals surface area contributed by atoms with E-state index in [0.717, 1.165) is 12.3 Å². The van der Waals surface area contributed by atoms with Crippen molar-refractivity contribution in [2.45, 2.75) is 53.0 Å². The lowest BCUT2D eigenvalue weighted by Crippen LogP contribution is -2.34. The van der Waals surface area contributed by atoms with Gasteiger partial charge in [-0.1, -0.05) is 32.9 Å². The molecule has 2 unspecified atom stereocenters. The molecule has 1 aliphatic rings. The van der Waals surface area contributed by atoms with Crippen molar-refractivity contribution in [2.75, 3.05) is 13.7 Å². The molecule has 1 saturated heterocycles. The van der Waals surface area contributed by atoms with Crippen LogP contribution in [0, 0.1) is 19.3 Å². The van der Waals surface area contributed by atoms with Gasteiger partial charge in [0.05, 0.1) is 7.11 Å². The summed E-state index contributed by atoms with van der Waals surface area (Å²) in [5.41, 5.74) is 4.29. The molecule has 2 heteroatoms. The second-order valence-electron chi connectivity index (χ2n) is 6.95. The van der Waals surface area contributed by atoms with Crippen molar-refractivity contribution in [1.29, 1.82) is 0 Å². The van der Waals surface area contributed by atoms with Gasteiger partial charge in [0.25, 0.3) is 0 Å². The minimum Gasteiger partial charge on any atom is -0.496 e. The Morgan fingerprint density at radius 2 is 1.74 bits per heavy atom. The van der Waals surface area contributed by atoms with Crippen molar-refractivity contribution in [1.82, 2.24) is 5.32 Å². The first-order valence-corrected chi connectivity index (χ1v) is 7.21. The van der Waals surface area contributed by atoms with E-state index in [1.54, 1.807) is 7.11 Å². The number of nitrogens with one attached hydrogen (secondary N) is 1. The van der Waals surface area contributed by atoms with Crippen LogP contribution in [0.15, 0.2) is 12.1 Å². The van der Waals surface area contributed by atoms with Crippen LogP contribution in [0.3, 0.4) is 0 Å². The topological polar surface area (TPSA) is 21.3 Å². The average Bonchev–Trinajstić information content (AvgIpc) is 2.77. The first-order chi connectivity index (χ1) is 8.82. The molecular formula is C17H27NO. The van der Waals surface area contributed by atoms with Crippen molar-refractivity contribution in [2.24, 2.45) is 5.41 Å². The standard InChI is InChI=1S/C17H27NO/c1-11-7-13(8-12(2)16(11)19-6)14-9-15(18-10-14)17(3,4)5/h7-8,14-15,18H,9-10H2,1-6H3. The molecule has 0 amide bonds. The van der Waals surface area contributed by atoms with E-state index in [2.05, 4.69) is 52.1 Å². The van der Waals surface area contributed by atoms with Crippen LogP contribution >= 0.6 is 0 Å². The molecule has 1 aromatic rings. The summed E-state index contributed by atoms with van der Waals surface area (Å²) in [6.07, 6.45) is 1.23. The number of hydrogen-bond acceptors (Lipinski definition) is 2. The lowest BCUT2D eigenvalue weighted by Gasteiger charge is -2.27. The third-order valence-corrected chi connectivity index (χ3v) is 4.33. The largest absolute Gasteiger partial charge is 0.496 e. The van der Waals surface area contributed by atoms with E-state index in [1.165, 1.54) is 23.1 Å². The highest BCUT2D eigenvalue weighted by Gasteiger charge is 2.33. The van der Waals surface area contributed by atoms with Crippen molar-refractivity contribution in [3.63, 3.8) is 0 Å². The quantitative estimate of drug-likeness (QED) is 0.874. The Kier molecular flexibility index (Phi) is 3.91. The lowest BCUT2D eigenvalue weighted by molar-refractivity contribution is 0.293. The maximum absolute atomic E-state index is 5.45. The number of ether oxygens (including phenoxy) is 1. The molecule has 2 atom stereocenters. The summed E-state index contributed by atoms with van der Waals surface area (Å²) >= 11 is 0. The summed E-state index contributed by atoms with van der Waals surface area (Å²) < 4.78 is 5.45. The molecule has 1 aliphatic heterocycles. The summed E-state index contributed by atoms with van der Waals surface area (Å²) in [6.45, 7) is 12.3. The van der Waals surface area contributed by atoms with Gasteiger partial charge in [0.2, 0.25) is 0 Å². The summed E-state index contributed by atoms with van der Waals surface area (Å²) in [5.74, 6) is 1.66. The highest BCUT2D eigenvalue weighted by molar-refractivity contribution is 5.44. The first kappa shape index (κ1) is 14.4. The maximum atomic E-state index is 5.45. The third-order valence-electron chi connectivity index (χ3n) is 4.33. The molecule has 1 heterocycles. The van der Waals surface area contributed by atoms with E-state index in [4.69, 9.17) is 4.74 Å². The molecule has 0 spiro atoms. The van der Waals surface area contributed by atoms with Gasteiger partial charge in [0.15, 0.2) is 0 Å². The van der Waals surface area contributed by atoms with E-state index in [9.17, 15) is 0 Å². The number of benzene rings is 1. The van der Waals surface area contributed by atoms with Crippen LogP contribution in [-0.4, -0.2) is 19.7 Å². The fourth-order valence-electron chi connectivity index (χ4n) is 3.19. The van der Waals surface area contributed by atoms with E-state index >= 15 is 0 Å². The fraction of sp³-hybridized carbons (Fsp3) is 0.647. The van der Waals surface area contributed by atoms with Crippen LogP contribution in [0.2, 0.25) is 0 Å². The minimum absolute atomic E-state index is 0.339. The van der Waals surface area contributed by atoms with Crippen LogP contribution in [0.4, 0.5) is 0 Å². The molecule has 0 radical (unpaired) electrons. The van der Waals surface area contributed by atoms with Gasteiger partial charge >= 0.3 is 0 Å². The van der Waals surface area contributed by atoms with Gasteiger partial charge in [-0.2, -0.15) is 0 Å². The number of rotatable bonds is 2. The Bertz CT molecular complexity index is 436. The summed E-state index contributed by atoms with van der Waals surface area (Å²) in [5, 5.41) is 3.68. The van der Waals surface area contributed by atoms with Crippen LogP contribution in [0.5, 0.6) is 5.75 Å². The molecule has 0 aliphatic carbocycles. The zero-order chi connectivity index (χ0) is 14.2. The van der Waals surface area contributed by atoms with Crippen molar-refractivity contribution < 1.29 is 4.74 Å². The van der Waals surface area contributed by atoms with Crippen molar-refractivity contribution in [3.05, 3.63) is 28.8 Å². The minimum atomic E-state index is 0.339. The smallest absolute Gasteiger partial charge is 0.124 e. The molecule has 1 N–H and O–H groups in total. The first-order valence-electron chi connectivity index (χ1n) is 7.21. The van der Waals surface area contributed by atoms with Crippen LogP contribution in [-0.2, 0) is 0 Å². The highest BCUT2D eigenvalue weighted by atomic mass is 16.5. The second kappa shape index (κ2) is 5.16. The van der Waals surface area contributed by atoms with Gasteiger partial charge in [-0.3, -0.25) is 0 Å². The molecule has 0 bridgehead atoms. The molecule has 0 aromatic heterocycles. The normalized spacial score (nSPS) is 23.7. The lowest BCUT2D eigenvalue weighted by atomic mass is 9.82. The third kappa shape index (κ3) is 2.94. The van der Waals surface area contributed by atoms with E-state index in [1.807, 2.05) is 0 Å². The molecule has 2 rings (SSSR count).